The highest BCUT2D eigenvalue weighted by Gasteiger charge is 2.40. The molecule has 0 saturated carbocycles. The molecule has 0 radical (unpaired) electrons. The fourth-order valence-electron chi connectivity index (χ4n) is 4.04. The monoisotopic (exact) mass is 382 g/mol. The van der Waals surface area contributed by atoms with Crippen LogP contribution in [-0.4, -0.2) is 43.8 Å². The first-order valence-corrected chi connectivity index (χ1v) is 9.67. The molecular weight excluding hydrogens is 356 g/mol. The third kappa shape index (κ3) is 3.59. The Labute approximate surface area is 165 Å². The lowest BCUT2D eigenvalue weighted by atomic mass is 9.83. The Bertz CT molecular complexity index is 859. The Morgan fingerprint density at radius 3 is 2.54 bits per heavy atom. The van der Waals surface area contributed by atoms with Crippen molar-refractivity contribution in [3.63, 3.8) is 0 Å². The van der Waals surface area contributed by atoms with Gasteiger partial charge in [0.25, 0.3) is 0 Å². The van der Waals surface area contributed by atoms with E-state index in [9.17, 15) is 4.79 Å². The standard InChI is InChI=1S/C22H26N2O4/c1-26-19-8-7-17(15-20(19)27-2)23-21(25)24-13-11-22(12-14-24)10-9-16-5-3-4-6-18(16)28-22/h3-8,15H,9-14H2,1-2H3,(H,23,25). The summed E-state index contributed by atoms with van der Waals surface area (Å²) < 4.78 is 16.9. The van der Waals surface area contributed by atoms with Crippen LogP contribution in [0.1, 0.15) is 24.8 Å². The van der Waals surface area contributed by atoms with Crippen LogP contribution < -0.4 is 19.5 Å². The van der Waals surface area contributed by atoms with Crippen molar-refractivity contribution in [2.45, 2.75) is 31.3 Å². The number of methoxy groups -OCH3 is 2. The number of hydrogen-bond donors (Lipinski definition) is 1. The van der Waals surface area contributed by atoms with E-state index in [0.29, 0.717) is 30.3 Å². The van der Waals surface area contributed by atoms with Gasteiger partial charge in [-0.15, -0.1) is 0 Å². The van der Waals surface area contributed by atoms with Crippen LogP contribution in [0.5, 0.6) is 17.2 Å². The van der Waals surface area contributed by atoms with Crippen LogP contribution in [0.2, 0.25) is 0 Å². The summed E-state index contributed by atoms with van der Waals surface area (Å²) in [5.41, 5.74) is 1.82. The quantitative estimate of drug-likeness (QED) is 0.868. The predicted molar refractivity (Wildman–Crippen MR) is 107 cm³/mol. The van der Waals surface area contributed by atoms with E-state index in [1.807, 2.05) is 23.1 Å². The molecule has 6 nitrogen and oxygen atoms in total. The van der Waals surface area contributed by atoms with E-state index < -0.39 is 0 Å². The molecule has 1 fully saturated rings. The van der Waals surface area contributed by atoms with Crippen LogP contribution in [0.3, 0.4) is 0 Å². The average molecular weight is 382 g/mol. The van der Waals surface area contributed by atoms with Crippen molar-refractivity contribution < 1.29 is 19.0 Å². The van der Waals surface area contributed by atoms with E-state index in [-0.39, 0.29) is 11.6 Å². The van der Waals surface area contributed by atoms with E-state index in [0.717, 1.165) is 31.4 Å². The van der Waals surface area contributed by atoms with Gasteiger partial charge in [-0.05, 0) is 36.6 Å². The lowest BCUT2D eigenvalue weighted by molar-refractivity contribution is -0.00435. The first kappa shape index (κ1) is 18.5. The number of likely N-dealkylation sites (tertiary alicyclic amines) is 1. The summed E-state index contributed by atoms with van der Waals surface area (Å²) in [6, 6.07) is 13.5. The zero-order valence-electron chi connectivity index (χ0n) is 16.4. The van der Waals surface area contributed by atoms with E-state index in [4.69, 9.17) is 14.2 Å². The Balaban J connectivity index is 1.37. The molecule has 2 aliphatic rings. The number of carbonyl (C=O) groups is 1. The number of rotatable bonds is 3. The number of carbonyl (C=O) groups excluding carboxylic acids is 1. The summed E-state index contributed by atoms with van der Waals surface area (Å²) >= 11 is 0. The first-order valence-electron chi connectivity index (χ1n) is 9.67. The van der Waals surface area contributed by atoms with Gasteiger partial charge in [-0.3, -0.25) is 0 Å². The fourth-order valence-corrected chi connectivity index (χ4v) is 4.04. The van der Waals surface area contributed by atoms with Crippen molar-refractivity contribution in [3.05, 3.63) is 48.0 Å². The van der Waals surface area contributed by atoms with Crippen molar-refractivity contribution in [2.24, 2.45) is 0 Å². The first-order chi connectivity index (χ1) is 13.6. The number of aryl methyl sites for hydroxylation is 1. The molecule has 4 rings (SSSR count). The van der Waals surface area contributed by atoms with E-state index >= 15 is 0 Å². The second-order valence-corrected chi connectivity index (χ2v) is 7.38. The Kier molecular flexibility index (Phi) is 5.03. The Morgan fingerprint density at radius 2 is 1.79 bits per heavy atom. The zero-order valence-corrected chi connectivity index (χ0v) is 16.4. The van der Waals surface area contributed by atoms with Crippen LogP contribution in [0.4, 0.5) is 10.5 Å². The van der Waals surface area contributed by atoms with Crippen LogP contribution in [0, 0.1) is 0 Å². The molecule has 1 saturated heterocycles. The number of anilines is 1. The molecule has 148 valence electrons. The van der Waals surface area contributed by atoms with Gasteiger partial charge in [-0.2, -0.15) is 0 Å². The minimum absolute atomic E-state index is 0.0988. The smallest absolute Gasteiger partial charge is 0.321 e. The molecule has 0 aliphatic carbocycles. The van der Waals surface area contributed by atoms with E-state index in [1.54, 1.807) is 26.4 Å². The van der Waals surface area contributed by atoms with Crippen molar-refractivity contribution >= 4 is 11.7 Å². The maximum Gasteiger partial charge on any atom is 0.321 e. The molecule has 2 aliphatic heterocycles. The molecule has 2 aromatic carbocycles. The normalized spacial score (nSPS) is 17.4. The number of urea groups is 1. The Morgan fingerprint density at radius 1 is 1.04 bits per heavy atom. The van der Waals surface area contributed by atoms with Gasteiger partial charge < -0.3 is 24.4 Å². The molecule has 0 bridgehead atoms. The lowest BCUT2D eigenvalue weighted by Crippen LogP contribution is -2.52. The number of para-hydroxylation sites is 1. The third-order valence-electron chi connectivity index (χ3n) is 5.75. The van der Waals surface area contributed by atoms with Crippen molar-refractivity contribution in [2.75, 3.05) is 32.6 Å². The summed E-state index contributed by atoms with van der Waals surface area (Å²) in [4.78, 5) is 14.5. The molecule has 28 heavy (non-hydrogen) atoms. The number of amides is 2. The minimum Gasteiger partial charge on any atom is -0.493 e. The number of hydrogen-bond acceptors (Lipinski definition) is 4. The second kappa shape index (κ2) is 7.62. The highest BCUT2D eigenvalue weighted by atomic mass is 16.5. The average Bonchev–Trinajstić information content (AvgIpc) is 2.74. The summed E-state index contributed by atoms with van der Waals surface area (Å²) in [5, 5.41) is 2.96. The van der Waals surface area contributed by atoms with Gasteiger partial charge in [0.2, 0.25) is 0 Å². The van der Waals surface area contributed by atoms with Gasteiger partial charge in [0, 0.05) is 37.7 Å². The number of benzene rings is 2. The molecule has 2 heterocycles. The van der Waals surface area contributed by atoms with Gasteiger partial charge in [-0.25, -0.2) is 4.79 Å². The van der Waals surface area contributed by atoms with Crippen molar-refractivity contribution in [1.29, 1.82) is 0 Å². The van der Waals surface area contributed by atoms with Gasteiger partial charge >= 0.3 is 6.03 Å². The maximum atomic E-state index is 12.7. The third-order valence-corrected chi connectivity index (χ3v) is 5.75. The SMILES string of the molecule is COc1ccc(NC(=O)N2CCC3(CCc4ccccc4O3)CC2)cc1OC. The van der Waals surface area contributed by atoms with Crippen LogP contribution in [0.25, 0.3) is 0 Å². The van der Waals surface area contributed by atoms with Gasteiger partial charge in [-0.1, -0.05) is 18.2 Å². The molecule has 0 atom stereocenters. The lowest BCUT2D eigenvalue weighted by Gasteiger charge is -2.44. The Hall–Kier alpha value is -2.89. The highest BCUT2D eigenvalue weighted by molar-refractivity contribution is 5.89. The molecule has 2 amide bonds. The van der Waals surface area contributed by atoms with Crippen LogP contribution >= 0.6 is 0 Å². The van der Waals surface area contributed by atoms with Crippen molar-refractivity contribution in [1.82, 2.24) is 4.90 Å². The summed E-state index contributed by atoms with van der Waals surface area (Å²) in [6.45, 7) is 1.36. The number of piperidine rings is 1. The van der Waals surface area contributed by atoms with Gasteiger partial charge in [0.1, 0.15) is 11.4 Å². The van der Waals surface area contributed by atoms with E-state index in [1.165, 1.54) is 5.56 Å². The molecule has 0 aromatic heterocycles. The number of nitrogens with one attached hydrogen (secondary N) is 1. The molecular formula is C22H26N2O4. The van der Waals surface area contributed by atoms with E-state index in [2.05, 4.69) is 17.4 Å². The molecule has 2 aromatic rings. The number of nitrogens with zero attached hydrogens (tertiary/aromatic N) is 1. The summed E-state index contributed by atoms with van der Waals surface area (Å²) in [6.07, 6.45) is 3.74. The van der Waals surface area contributed by atoms with Gasteiger partial charge in [0.15, 0.2) is 11.5 Å². The topological polar surface area (TPSA) is 60.0 Å². The molecule has 6 heteroatoms. The second-order valence-electron chi connectivity index (χ2n) is 7.38. The van der Waals surface area contributed by atoms with Crippen LogP contribution in [0.15, 0.2) is 42.5 Å². The minimum atomic E-state index is -0.144. The van der Waals surface area contributed by atoms with Crippen molar-refractivity contribution in [3.8, 4) is 17.2 Å². The molecule has 1 N–H and O–H groups in total. The molecule has 1 spiro atoms. The largest absolute Gasteiger partial charge is 0.493 e. The summed E-state index contributed by atoms with van der Waals surface area (Å²) in [5.74, 6) is 2.22. The number of ether oxygens (including phenoxy) is 3. The number of fused-ring (bicyclic) bond motifs is 1. The van der Waals surface area contributed by atoms with Gasteiger partial charge in [0.05, 0.1) is 14.2 Å². The predicted octanol–water partition coefficient (Wildman–Crippen LogP) is 4.10. The molecule has 0 unspecified atom stereocenters. The highest BCUT2D eigenvalue weighted by Crippen LogP contribution is 2.39. The zero-order chi connectivity index (χ0) is 19.6. The fraction of sp³-hybridized carbons (Fsp3) is 0.409. The summed E-state index contributed by atoms with van der Waals surface area (Å²) in [7, 11) is 3.17. The van der Waals surface area contributed by atoms with Crippen LogP contribution in [-0.2, 0) is 6.42 Å². The maximum absolute atomic E-state index is 12.7.